The molecular weight excluding hydrogens is 316 g/mol. The van der Waals surface area contributed by atoms with E-state index in [1.54, 1.807) is 0 Å². The molecule has 2 heteroatoms. The van der Waals surface area contributed by atoms with Crippen LogP contribution in [0.15, 0.2) is 48.5 Å². The molecule has 0 radical (unpaired) electrons. The van der Waals surface area contributed by atoms with Crippen LogP contribution in [0.3, 0.4) is 0 Å². The molecule has 0 atom stereocenters. The molecule has 0 saturated carbocycles. The van der Waals surface area contributed by atoms with Gasteiger partial charge in [0.15, 0.2) is 0 Å². The zero-order valence-corrected chi connectivity index (χ0v) is 16.2. The fraction of sp³-hybridized carbons (Fsp3) is 0.292. The molecule has 0 aliphatic carbocycles. The summed E-state index contributed by atoms with van der Waals surface area (Å²) in [6.45, 7) is 8.67. The first-order valence-electron chi connectivity index (χ1n) is 9.55. The van der Waals surface area contributed by atoms with Crippen LogP contribution >= 0.6 is 0 Å². The predicted octanol–water partition coefficient (Wildman–Crippen LogP) is 5.25. The fourth-order valence-corrected chi connectivity index (χ4v) is 3.08. The molecule has 134 valence electrons. The maximum absolute atomic E-state index is 4.74. The highest BCUT2D eigenvalue weighted by atomic mass is 14.9. The Bertz CT molecular complexity index is 959. The summed E-state index contributed by atoms with van der Waals surface area (Å²) in [6.07, 6.45) is 6.50. The van der Waals surface area contributed by atoms with Gasteiger partial charge in [0.25, 0.3) is 0 Å². The summed E-state index contributed by atoms with van der Waals surface area (Å²) in [7, 11) is 0. The highest BCUT2D eigenvalue weighted by Crippen LogP contribution is 2.24. The van der Waals surface area contributed by atoms with E-state index in [0.29, 0.717) is 5.92 Å². The Balaban J connectivity index is 1.89. The van der Waals surface area contributed by atoms with E-state index in [1.165, 1.54) is 16.7 Å². The second-order valence-corrected chi connectivity index (χ2v) is 7.02. The summed E-state index contributed by atoms with van der Waals surface area (Å²) in [4.78, 5) is 8.21. The quantitative estimate of drug-likeness (QED) is 0.673. The molecule has 0 amide bonds. The van der Waals surface area contributed by atoms with Crippen LogP contribution in [0.1, 0.15) is 52.0 Å². The Kier molecular flexibility index (Phi) is 5.72. The molecule has 0 bridgehead atoms. The zero-order valence-electron chi connectivity index (χ0n) is 16.2. The van der Waals surface area contributed by atoms with Crippen molar-refractivity contribution >= 4 is 12.2 Å². The number of nitrogens with one attached hydrogen (secondary N) is 1. The van der Waals surface area contributed by atoms with Crippen LogP contribution in [0, 0.1) is 0 Å². The van der Waals surface area contributed by atoms with Gasteiger partial charge in [-0.3, -0.25) is 0 Å². The number of hydrogen-bond donors (Lipinski definition) is 1. The number of hydrogen-bond acceptors (Lipinski definition) is 1. The molecule has 0 saturated heterocycles. The third-order valence-electron chi connectivity index (χ3n) is 4.74. The lowest BCUT2D eigenvalue weighted by atomic mass is 9.98. The van der Waals surface area contributed by atoms with Crippen LogP contribution in [0.2, 0.25) is 0 Å². The van der Waals surface area contributed by atoms with Crippen molar-refractivity contribution in [2.24, 2.45) is 0 Å². The van der Waals surface area contributed by atoms with Gasteiger partial charge in [-0.05, 0) is 36.0 Å². The Hall–Kier alpha value is -2.61. The molecule has 0 aliphatic rings. The van der Waals surface area contributed by atoms with Gasteiger partial charge in [0.2, 0.25) is 0 Å². The second kappa shape index (κ2) is 8.18. The first-order valence-corrected chi connectivity index (χ1v) is 9.55. The molecule has 2 nitrogen and oxygen atoms in total. The minimum absolute atomic E-state index is 0.564. The number of aromatic nitrogens is 2. The van der Waals surface area contributed by atoms with Gasteiger partial charge in [-0.15, -0.1) is 0 Å². The highest BCUT2D eigenvalue weighted by molar-refractivity contribution is 5.68. The number of unbranched alkanes of at least 4 members (excludes halogenated alkanes) is 1. The molecule has 0 fully saturated rings. The van der Waals surface area contributed by atoms with E-state index < -0.39 is 0 Å². The minimum atomic E-state index is 0.564. The van der Waals surface area contributed by atoms with Crippen LogP contribution < -0.4 is 10.7 Å². The Morgan fingerprint density at radius 1 is 0.923 bits per heavy atom. The highest BCUT2D eigenvalue weighted by Gasteiger charge is 2.05. The van der Waals surface area contributed by atoms with E-state index in [1.807, 2.05) is 6.92 Å². The maximum Gasteiger partial charge on any atom is 0.138 e. The van der Waals surface area contributed by atoms with Crippen molar-refractivity contribution in [3.05, 3.63) is 64.8 Å². The van der Waals surface area contributed by atoms with Gasteiger partial charge < -0.3 is 4.98 Å². The van der Waals surface area contributed by atoms with Gasteiger partial charge in [0.1, 0.15) is 5.82 Å². The van der Waals surface area contributed by atoms with E-state index in [2.05, 4.69) is 86.4 Å². The Morgan fingerprint density at radius 2 is 1.50 bits per heavy atom. The smallest absolute Gasteiger partial charge is 0.138 e. The average Bonchev–Trinajstić information content (AvgIpc) is 3.10. The molecule has 1 heterocycles. The summed E-state index contributed by atoms with van der Waals surface area (Å²) in [5.41, 5.74) is 4.97. The Labute approximate surface area is 156 Å². The number of aromatic amines is 1. The van der Waals surface area contributed by atoms with Crippen molar-refractivity contribution in [1.82, 2.24) is 9.97 Å². The van der Waals surface area contributed by atoms with Crippen molar-refractivity contribution in [2.75, 3.05) is 0 Å². The number of benzene rings is 2. The first-order chi connectivity index (χ1) is 12.6. The number of H-pyrrole nitrogens is 1. The van der Waals surface area contributed by atoms with Crippen LogP contribution in [0.25, 0.3) is 34.7 Å². The summed E-state index contributed by atoms with van der Waals surface area (Å²) < 4.78 is 0. The molecule has 1 aromatic heterocycles. The van der Waals surface area contributed by atoms with Gasteiger partial charge in [-0.25, -0.2) is 4.98 Å². The largest absolute Gasteiger partial charge is 0.338 e. The standard InChI is InChI=1S/C24H28N2/c1-5-7-8-23-22(6-2)25-24(26-23)21-15-13-20(14-16-21)19-11-9-18(10-12-19)17(3)4/h6,8-17H,5,7H2,1-4H3,(H,25,26)/b22-6+,23-8+. The lowest BCUT2D eigenvalue weighted by molar-refractivity contribution is 0.867. The van der Waals surface area contributed by atoms with E-state index in [-0.39, 0.29) is 0 Å². The van der Waals surface area contributed by atoms with Crippen LogP contribution in [0.4, 0.5) is 0 Å². The van der Waals surface area contributed by atoms with Crippen molar-refractivity contribution in [3.8, 4) is 22.5 Å². The molecule has 0 spiro atoms. The summed E-state index contributed by atoms with van der Waals surface area (Å²) in [5, 5.41) is 2.15. The van der Waals surface area contributed by atoms with Gasteiger partial charge in [0.05, 0.1) is 10.7 Å². The zero-order chi connectivity index (χ0) is 18.5. The molecule has 1 N–H and O–H groups in total. The number of imidazole rings is 1. The minimum Gasteiger partial charge on any atom is -0.338 e. The summed E-state index contributed by atoms with van der Waals surface area (Å²) >= 11 is 0. The van der Waals surface area contributed by atoms with Crippen LogP contribution in [0.5, 0.6) is 0 Å². The van der Waals surface area contributed by atoms with Gasteiger partial charge in [-0.1, -0.05) is 87.9 Å². The van der Waals surface area contributed by atoms with Crippen molar-refractivity contribution < 1.29 is 0 Å². The molecule has 3 aromatic rings. The average molecular weight is 345 g/mol. The lowest BCUT2D eigenvalue weighted by Gasteiger charge is -2.07. The van der Waals surface area contributed by atoms with Gasteiger partial charge in [-0.2, -0.15) is 0 Å². The Morgan fingerprint density at radius 3 is 2.04 bits per heavy atom. The predicted molar refractivity (Wildman–Crippen MR) is 112 cm³/mol. The number of rotatable bonds is 5. The topological polar surface area (TPSA) is 28.7 Å². The van der Waals surface area contributed by atoms with E-state index >= 15 is 0 Å². The normalized spacial score (nSPS) is 13.0. The molecule has 2 aromatic carbocycles. The van der Waals surface area contributed by atoms with Crippen molar-refractivity contribution in [3.63, 3.8) is 0 Å². The monoisotopic (exact) mass is 344 g/mol. The molecule has 0 aliphatic heterocycles. The van der Waals surface area contributed by atoms with Gasteiger partial charge in [0, 0.05) is 5.56 Å². The van der Waals surface area contributed by atoms with E-state index in [0.717, 1.165) is 34.9 Å². The van der Waals surface area contributed by atoms with E-state index in [9.17, 15) is 0 Å². The lowest BCUT2D eigenvalue weighted by Crippen LogP contribution is -2.23. The van der Waals surface area contributed by atoms with E-state index in [4.69, 9.17) is 4.98 Å². The van der Waals surface area contributed by atoms with Gasteiger partial charge >= 0.3 is 0 Å². The fourth-order valence-electron chi connectivity index (χ4n) is 3.08. The molecule has 3 rings (SSSR count). The van der Waals surface area contributed by atoms with Crippen LogP contribution in [-0.4, -0.2) is 9.97 Å². The van der Waals surface area contributed by atoms with Crippen LogP contribution in [-0.2, 0) is 0 Å². The van der Waals surface area contributed by atoms with Crippen molar-refractivity contribution in [1.29, 1.82) is 0 Å². The third-order valence-corrected chi connectivity index (χ3v) is 4.74. The maximum atomic E-state index is 4.74. The summed E-state index contributed by atoms with van der Waals surface area (Å²) in [5.74, 6) is 1.50. The summed E-state index contributed by atoms with van der Waals surface area (Å²) in [6, 6.07) is 17.5. The molecule has 0 unspecified atom stereocenters. The second-order valence-electron chi connectivity index (χ2n) is 7.02. The molecule has 26 heavy (non-hydrogen) atoms. The first kappa shape index (κ1) is 18.2. The third kappa shape index (κ3) is 3.96. The SMILES string of the molecule is C/C=c1/nc(-c2ccc(-c3ccc(C(C)C)cc3)cc2)[nH]/c1=C/CCC. The molecular formula is C24H28N2. The number of nitrogens with zero attached hydrogens (tertiary/aromatic N) is 1. The van der Waals surface area contributed by atoms with Crippen molar-refractivity contribution in [2.45, 2.75) is 46.5 Å².